The van der Waals surface area contributed by atoms with Gasteiger partial charge >= 0.3 is 5.92 Å². The average molecular weight is 251 g/mol. The molecular formula is C8H9BrF2N2. The molecule has 2 N–H and O–H groups in total. The van der Waals surface area contributed by atoms with Crippen molar-refractivity contribution in [3.63, 3.8) is 0 Å². The number of hydrogen-bond donors (Lipinski definition) is 1. The lowest BCUT2D eigenvalue weighted by molar-refractivity contribution is 0.000686. The van der Waals surface area contributed by atoms with Crippen LogP contribution < -0.4 is 5.73 Å². The molecule has 0 aliphatic rings. The van der Waals surface area contributed by atoms with Gasteiger partial charge < -0.3 is 5.73 Å². The van der Waals surface area contributed by atoms with Crippen molar-refractivity contribution in [3.8, 4) is 0 Å². The summed E-state index contributed by atoms with van der Waals surface area (Å²) in [7, 11) is 0. The quantitative estimate of drug-likeness (QED) is 0.875. The summed E-state index contributed by atoms with van der Waals surface area (Å²) in [5.74, 6) is -3.04. The number of hydrogen-bond acceptors (Lipinski definition) is 2. The first kappa shape index (κ1) is 10.5. The van der Waals surface area contributed by atoms with Crippen LogP contribution in [0.4, 0.5) is 8.78 Å². The largest absolute Gasteiger partial charge is 0.325 e. The Bertz CT molecular complexity index is 315. The third kappa shape index (κ3) is 2.22. The molecule has 1 heterocycles. The standard InChI is InChI=1S/C8H9BrF2N2/c1-5-2-6(9)3-13-7(5)8(10,11)4-12/h2-3H,4,12H2,1H3. The smallest absolute Gasteiger partial charge is 0.301 e. The van der Waals surface area contributed by atoms with Gasteiger partial charge in [0, 0.05) is 10.7 Å². The van der Waals surface area contributed by atoms with E-state index in [1.54, 1.807) is 13.0 Å². The van der Waals surface area contributed by atoms with Gasteiger partial charge in [-0.25, -0.2) is 0 Å². The minimum absolute atomic E-state index is 0.252. The molecule has 0 amide bonds. The van der Waals surface area contributed by atoms with Crippen LogP contribution in [0.1, 0.15) is 11.3 Å². The van der Waals surface area contributed by atoms with Crippen LogP contribution in [-0.4, -0.2) is 11.5 Å². The molecule has 0 saturated heterocycles. The molecule has 0 aliphatic carbocycles. The third-order valence-electron chi connectivity index (χ3n) is 1.65. The molecule has 0 atom stereocenters. The summed E-state index contributed by atoms with van der Waals surface area (Å²) in [6.07, 6.45) is 1.34. The van der Waals surface area contributed by atoms with E-state index in [1.165, 1.54) is 6.20 Å². The van der Waals surface area contributed by atoms with Crippen LogP contribution in [0.5, 0.6) is 0 Å². The van der Waals surface area contributed by atoms with E-state index in [9.17, 15) is 8.78 Å². The van der Waals surface area contributed by atoms with Gasteiger partial charge in [-0.3, -0.25) is 4.98 Å². The number of halogens is 3. The SMILES string of the molecule is Cc1cc(Br)cnc1C(F)(F)CN. The first-order valence-corrected chi connectivity index (χ1v) is 4.47. The molecule has 72 valence electrons. The summed E-state index contributed by atoms with van der Waals surface area (Å²) in [6.45, 7) is 0.860. The number of pyridine rings is 1. The van der Waals surface area contributed by atoms with Crippen LogP contribution in [0.2, 0.25) is 0 Å². The van der Waals surface area contributed by atoms with Gasteiger partial charge in [0.05, 0.1) is 6.54 Å². The average Bonchev–Trinajstić information content (AvgIpc) is 2.03. The van der Waals surface area contributed by atoms with Crippen LogP contribution in [0.3, 0.4) is 0 Å². The molecule has 0 radical (unpaired) electrons. The second kappa shape index (κ2) is 3.67. The fraction of sp³-hybridized carbons (Fsp3) is 0.375. The molecule has 5 heteroatoms. The maximum atomic E-state index is 13.1. The van der Waals surface area contributed by atoms with Gasteiger partial charge in [-0.2, -0.15) is 8.78 Å². The highest BCUT2D eigenvalue weighted by Crippen LogP contribution is 2.28. The van der Waals surface area contributed by atoms with E-state index >= 15 is 0 Å². The molecule has 1 aromatic heterocycles. The molecular weight excluding hydrogens is 242 g/mol. The highest BCUT2D eigenvalue weighted by Gasteiger charge is 2.32. The number of nitrogens with zero attached hydrogens (tertiary/aromatic N) is 1. The van der Waals surface area contributed by atoms with Crippen LogP contribution in [0.15, 0.2) is 16.7 Å². The van der Waals surface area contributed by atoms with Crippen molar-refractivity contribution in [2.24, 2.45) is 5.73 Å². The molecule has 1 rings (SSSR count). The monoisotopic (exact) mass is 250 g/mol. The van der Waals surface area contributed by atoms with E-state index in [0.29, 0.717) is 10.0 Å². The van der Waals surface area contributed by atoms with Gasteiger partial charge in [-0.05, 0) is 34.5 Å². The van der Waals surface area contributed by atoms with Crippen molar-refractivity contribution in [1.82, 2.24) is 4.98 Å². The highest BCUT2D eigenvalue weighted by molar-refractivity contribution is 9.10. The summed E-state index contributed by atoms with van der Waals surface area (Å²) < 4.78 is 26.8. The van der Waals surface area contributed by atoms with Gasteiger partial charge in [-0.15, -0.1) is 0 Å². The predicted octanol–water partition coefficient (Wildman–Crippen LogP) is 2.20. The molecule has 0 saturated carbocycles. The molecule has 0 aliphatic heterocycles. The molecule has 0 fully saturated rings. The Morgan fingerprint density at radius 1 is 1.62 bits per heavy atom. The maximum absolute atomic E-state index is 13.1. The molecule has 2 nitrogen and oxygen atoms in total. The van der Waals surface area contributed by atoms with Crippen molar-refractivity contribution < 1.29 is 8.78 Å². The van der Waals surface area contributed by atoms with Crippen LogP contribution in [0.25, 0.3) is 0 Å². The number of nitrogens with two attached hydrogens (primary N) is 1. The highest BCUT2D eigenvalue weighted by atomic mass is 79.9. The lowest BCUT2D eigenvalue weighted by Gasteiger charge is -2.15. The third-order valence-corrected chi connectivity index (χ3v) is 2.08. The molecule has 1 aromatic rings. The Balaban J connectivity index is 3.16. The summed E-state index contributed by atoms with van der Waals surface area (Å²) in [6, 6.07) is 1.59. The number of alkyl halides is 2. The fourth-order valence-corrected chi connectivity index (χ4v) is 1.47. The lowest BCUT2D eigenvalue weighted by atomic mass is 10.1. The van der Waals surface area contributed by atoms with Crippen LogP contribution >= 0.6 is 15.9 Å². The van der Waals surface area contributed by atoms with E-state index < -0.39 is 12.5 Å². The molecule has 13 heavy (non-hydrogen) atoms. The number of rotatable bonds is 2. The van der Waals surface area contributed by atoms with Crippen molar-refractivity contribution >= 4 is 15.9 Å². The van der Waals surface area contributed by atoms with Gasteiger partial charge in [0.25, 0.3) is 0 Å². The topological polar surface area (TPSA) is 38.9 Å². The zero-order valence-electron chi connectivity index (χ0n) is 7.02. The van der Waals surface area contributed by atoms with E-state index in [0.717, 1.165) is 0 Å². The van der Waals surface area contributed by atoms with Gasteiger partial charge in [0.2, 0.25) is 0 Å². The van der Waals surface area contributed by atoms with Crippen molar-refractivity contribution in [2.75, 3.05) is 6.54 Å². The van der Waals surface area contributed by atoms with Crippen molar-refractivity contribution in [3.05, 3.63) is 28.0 Å². The van der Waals surface area contributed by atoms with Crippen LogP contribution in [-0.2, 0) is 5.92 Å². The Morgan fingerprint density at radius 3 is 2.69 bits per heavy atom. The van der Waals surface area contributed by atoms with E-state index in [1.807, 2.05) is 0 Å². The minimum atomic E-state index is -3.04. The minimum Gasteiger partial charge on any atom is -0.325 e. The Kier molecular flexibility index (Phi) is 2.98. The zero-order valence-corrected chi connectivity index (χ0v) is 8.61. The maximum Gasteiger partial charge on any atom is 0.301 e. The van der Waals surface area contributed by atoms with E-state index in [2.05, 4.69) is 20.9 Å². The predicted molar refractivity (Wildman–Crippen MR) is 49.6 cm³/mol. The van der Waals surface area contributed by atoms with Gasteiger partial charge in [0.1, 0.15) is 5.69 Å². The second-order valence-electron chi connectivity index (χ2n) is 2.73. The van der Waals surface area contributed by atoms with Crippen molar-refractivity contribution in [1.29, 1.82) is 0 Å². The van der Waals surface area contributed by atoms with Crippen LogP contribution in [0, 0.1) is 6.92 Å². The number of aromatic nitrogens is 1. The molecule has 0 bridgehead atoms. The van der Waals surface area contributed by atoms with E-state index in [-0.39, 0.29) is 5.69 Å². The zero-order chi connectivity index (χ0) is 10.1. The lowest BCUT2D eigenvalue weighted by Crippen LogP contribution is -2.27. The first-order valence-electron chi connectivity index (χ1n) is 3.68. The summed E-state index contributed by atoms with van der Waals surface area (Å²) in [4.78, 5) is 3.64. The molecule has 0 unspecified atom stereocenters. The fourth-order valence-electron chi connectivity index (χ4n) is 1.02. The van der Waals surface area contributed by atoms with Crippen molar-refractivity contribution in [2.45, 2.75) is 12.8 Å². The first-order chi connectivity index (χ1) is 5.97. The Hall–Kier alpha value is -0.550. The second-order valence-corrected chi connectivity index (χ2v) is 3.64. The normalized spacial score (nSPS) is 11.8. The summed E-state index contributed by atoms with van der Waals surface area (Å²) >= 11 is 3.15. The van der Waals surface area contributed by atoms with Gasteiger partial charge in [0.15, 0.2) is 0 Å². The number of aryl methyl sites for hydroxylation is 1. The Labute approximate surface area is 83.3 Å². The molecule has 0 aromatic carbocycles. The van der Waals surface area contributed by atoms with E-state index in [4.69, 9.17) is 5.73 Å². The van der Waals surface area contributed by atoms with Gasteiger partial charge in [-0.1, -0.05) is 0 Å². The summed E-state index contributed by atoms with van der Waals surface area (Å²) in [5.41, 5.74) is 5.13. The Morgan fingerprint density at radius 2 is 2.23 bits per heavy atom. The summed E-state index contributed by atoms with van der Waals surface area (Å²) in [5, 5.41) is 0. The molecule has 0 spiro atoms.